The highest BCUT2D eigenvalue weighted by Crippen LogP contribution is 2.42. The summed E-state index contributed by atoms with van der Waals surface area (Å²) >= 11 is 0. The molecule has 3 N–H and O–H groups in total. The summed E-state index contributed by atoms with van der Waals surface area (Å²) in [6.07, 6.45) is 13.3. The molecule has 0 aromatic carbocycles. The van der Waals surface area contributed by atoms with Gasteiger partial charge in [-0.3, -0.25) is 18.6 Å². The molecule has 0 bridgehead atoms. The SMILES string of the molecule is CCCC/C=C\CCCCCCCC(=O)OCC(O)COP(=O)(O)OCCNC(C)=O. The van der Waals surface area contributed by atoms with E-state index in [9.17, 15) is 24.2 Å². The Morgan fingerprint density at radius 1 is 1.00 bits per heavy atom. The molecule has 2 unspecified atom stereocenters. The van der Waals surface area contributed by atoms with E-state index in [0.717, 1.165) is 44.9 Å². The Hall–Kier alpha value is -1.25. The smallest absolute Gasteiger partial charge is 0.463 e. The predicted molar refractivity (Wildman–Crippen MR) is 118 cm³/mol. The van der Waals surface area contributed by atoms with Crippen LogP contribution in [0.1, 0.15) is 78.1 Å². The molecule has 0 saturated heterocycles. The summed E-state index contributed by atoms with van der Waals surface area (Å²) in [6.45, 7) is 2.49. The van der Waals surface area contributed by atoms with Gasteiger partial charge in [-0.05, 0) is 25.7 Å². The van der Waals surface area contributed by atoms with E-state index in [1.807, 2.05) is 0 Å². The molecular formula is C21H40NO8P. The van der Waals surface area contributed by atoms with Crippen molar-refractivity contribution in [2.24, 2.45) is 0 Å². The first-order chi connectivity index (χ1) is 14.8. The normalized spacial score (nSPS) is 14.3. The first-order valence-electron chi connectivity index (χ1n) is 11.1. The first-order valence-corrected chi connectivity index (χ1v) is 12.6. The second kappa shape index (κ2) is 19.4. The molecule has 0 aromatic rings. The topological polar surface area (TPSA) is 131 Å². The summed E-state index contributed by atoms with van der Waals surface area (Å²) in [5.74, 6) is -0.711. The Kier molecular flexibility index (Phi) is 18.7. The summed E-state index contributed by atoms with van der Waals surface area (Å²) in [6, 6.07) is 0. The Morgan fingerprint density at radius 2 is 1.65 bits per heavy atom. The van der Waals surface area contributed by atoms with Gasteiger partial charge in [0.1, 0.15) is 12.7 Å². The zero-order valence-corrected chi connectivity index (χ0v) is 19.8. The van der Waals surface area contributed by atoms with Crippen LogP contribution >= 0.6 is 7.82 Å². The Morgan fingerprint density at radius 3 is 2.32 bits per heavy atom. The molecule has 0 saturated carbocycles. The van der Waals surface area contributed by atoms with E-state index in [-0.39, 0.29) is 32.1 Å². The molecule has 0 aliphatic rings. The van der Waals surface area contributed by atoms with Crippen LogP contribution in [0.2, 0.25) is 0 Å². The number of unbranched alkanes of at least 4 members (excludes halogenated alkanes) is 7. The lowest BCUT2D eigenvalue weighted by molar-refractivity contribution is -0.147. The molecule has 9 nitrogen and oxygen atoms in total. The van der Waals surface area contributed by atoms with Crippen LogP contribution in [-0.2, 0) is 27.9 Å². The van der Waals surface area contributed by atoms with Crippen molar-refractivity contribution < 1.29 is 37.9 Å². The van der Waals surface area contributed by atoms with Crippen LogP contribution in [0.25, 0.3) is 0 Å². The lowest BCUT2D eigenvalue weighted by atomic mass is 10.1. The number of hydrogen-bond donors (Lipinski definition) is 3. The van der Waals surface area contributed by atoms with Crippen LogP contribution in [0.5, 0.6) is 0 Å². The predicted octanol–water partition coefficient (Wildman–Crippen LogP) is 3.64. The minimum Gasteiger partial charge on any atom is -0.463 e. The maximum absolute atomic E-state index is 11.7. The van der Waals surface area contributed by atoms with Crippen LogP contribution in [0.15, 0.2) is 12.2 Å². The molecule has 1 amide bonds. The lowest BCUT2D eigenvalue weighted by Gasteiger charge is -2.15. The van der Waals surface area contributed by atoms with Crippen LogP contribution in [0.4, 0.5) is 0 Å². The van der Waals surface area contributed by atoms with Gasteiger partial charge in [0.25, 0.3) is 0 Å². The molecule has 0 heterocycles. The molecule has 0 aromatic heterocycles. The second-order valence-electron chi connectivity index (χ2n) is 7.34. The van der Waals surface area contributed by atoms with Gasteiger partial charge in [-0.1, -0.05) is 51.2 Å². The minimum absolute atomic E-state index is 0.0551. The van der Waals surface area contributed by atoms with Crippen molar-refractivity contribution in [2.45, 2.75) is 84.2 Å². The molecule has 31 heavy (non-hydrogen) atoms. The van der Waals surface area contributed by atoms with E-state index in [0.29, 0.717) is 0 Å². The number of amides is 1. The van der Waals surface area contributed by atoms with E-state index >= 15 is 0 Å². The Balaban J connectivity index is 3.64. The van der Waals surface area contributed by atoms with Gasteiger partial charge in [-0.2, -0.15) is 0 Å². The number of esters is 1. The van der Waals surface area contributed by atoms with Crippen molar-refractivity contribution in [3.05, 3.63) is 12.2 Å². The number of aliphatic hydroxyl groups is 1. The highest BCUT2D eigenvalue weighted by atomic mass is 31.2. The van der Waals surface area contributed by atoms with Gasteiger partial charge in [0.05, 0.1) is 13.2 Å². The number of ether oxygens (including phenoxy) is 1. The van der Waals surface area contributed by atoms with Crippen LogP contribution in [0, 0.1) is 0 Å². The quantitative estimate of drug-likeness (QED) is 0.107. The van der Waals surface area contributed by atoms with E-state index < -0.39 is 26.5 Å². The minimum atomic E-state index is -4.35. The van der Waals surface area contributed by atoms with Gasteiger partial charge in [-0.25, -0.2) is 4.57 Å². The summed E-state index contributed by atoms with van der Waals surface area (Å²) in [4.78, 5) is 31.8. The third-order valence-electron chi connectivity index (χ3n) is 4.24. The number of carbonyl (C=O) groups is 2. The first kappa shape index (κ1) is 29.8. The lowest BCUT2D eigenvalue weighted by Crippen LogP contribution is -2.25. The molecule has 0 spiro atoms. The fourth-order valence-electron chi connectivity index (χ4n) is 2.53. The number of rotatable bonds is 20. The molecule has 10 heteroatoms. The van der Waals surface area contributed by atoms with Crippen molar-refractivity contribution in [3.8, 4) is 0 Å². The zero-order chi connectivity index (χ0) is 23.4. The van der Waals surface area contributed by atoms with E-state index in [2.05, 4.69) is 33.4 Å². The number of phosphoric ester groups is 1. The average molecular weight is 466 g/mol. The number of carbonyl (C=O) groups excluding carboxylic acids is 2. The van der Waals surface area contributed by atoms with Crippen LogP contribution < -0.4 is 5.32 Å². The van der Waals surface area contributed by atoms with E-state index in [4.69, 9.17) is 4.74 Å². The summed E-state index contributed by atoms with van der Waals surface area (Å²) in [7, 11) is -4.35. The number of allylic oxidation sites excluding steroid dienone is 2. The molecule has 182 valence electrons. The van der Waals surface area contributed by atoms with Gasteiger partial charge >= 0.3 is 13.8 Å². The fourth-order valence-corrected chi connectivity index (χ4v) is 3.29. The summed E-state index contributed by atoms with van der Waals surface area (Å²) in [5, 5.41) is 12.1. The fraction of sp³-hybridized carbons (Fsp3) is 0.810. The molecule has 0 aliphatic heterocycles. The highest BCUT2D eigenvalue weighted by molar-refractivity contribution is 7.47. The summed E-state index contributed by atoms with van der Waals surface area (Å²) < 4.78 is 25.8. The standard InChI is InChI=1S/C21H40NO8P/c1-3-4-5-6-7-8-9-10-11-12-13-14-21(25)28-17-20(24)18-30-31(26,27)29-16-15-22-19(2)23/h6-7,20,24H,3-5,8-18H2,1-2H3,(H,22,23)(H,26,27)/b7-6-. The second-order valence-corrected chi connectivity index (χ2v) is 8.79. The zero-order valence-electron chi connectivity index (χ0n) is 18.9. The van der Waals surface area contributed by atoms with Gasteiger partial charge in [0, 0.05) is 19.9 Å². The van der Waals surface area contributed by atoms with Gasteiger partial charge < -0.3 is 20.1 Å². The third-order valence-corrected chi connectivity index (χ3v) is 5.22. The number of nitrogens with one attached hydrogen (secondary N) is 1. The van der Waals surface area contributed by atoms with Gasteiger partial charge in [0.2, 0.25) is 5.91 Å². The van der Waals surface area contributed by atoms with Gasteiger partial charge in [0.15, 0.2) is 0 Å². The van der Waals surface area contributed by atoms with Crippen LogP contribution in [0.3, 0.4) is 0 Å². The van der Waals surface area contributed by atoms with Crippen molar-refractivity contribution in [1.29, 1.82) is 0 Å². The van der Waals surface area contributed by atoms with Crippen molar-refractivity contribution in [3.63, 3.8) is 0 Å². The van der Waals surface area contributed by atoms with E-state index in [1.165, 1.54) is 19.8 Å². The van der Waals surface area contributed by atoms with Crippen molar-refractivity contribution >= 4 is 19.7 Å². The maximum atomic E-state index is 11.7. The number of phosphoric acid groups is 1. The monoisotopic (exact) mass is 465 g/mol. The van der Waals surface area contributed by atoms with E-state index in [1.54, 1.807) is 0 Å². The molecule has 0 rings (SSSR count). The Labute approximate surface area is 186 Å². The average Bonchev–Trinajstić information content (AvgIpc) is 2.72. The third kappa shape index (κ3) is 21.8. The maximum Gasteiger partial charge on any atom is 0.472 e. The van der Waals surface area contributed by atoms with Gasteiger partial charge in [-0.15, -0.1) is 0 Å². The summed E-state index contributed by atoms with van der Waals surface area (Å²) in [5.41, 5.74) is 0. The number of hydrogen-bond acceptors (Lipinski definition) is 7. The van der Waals surface area contributed by atoms with Crippen molar-refractivity contribution in [1.82, 2.24) is 5.32 Å². The molecular weight excluding hydrogens is 425 g/mol. The molecule has 0 fully saturated rings. The molecule has 2 atom stereocenters. The highest BCUT2D eigenvalue weighted by Gasteiger charge is 2.23. The molecule has 0 aliphatic carbocycles. The molecule has 0 radical (unpaired) electrons. The van der Waals surface area contributed by atoms with Crippen LogP contribution in [-0.4, -0.2) is 54.3 Å². The van der Waals surface area contributed by atoms with Crippen molar-refractivity contribution in [2.75, 3.05) is 26.4 Å². The largest absolute Gasteiger partial charge is 0.472 e. The Bertz CT molecular complexity index is 555. The number of aliphatic hydroxyl groups excluding tert-OH is 1.